The van der Waals surface area contributed by atoms with Crippen molar-refractivity contribution >= 4 is 53.1 Å². The summed E-state index contributed by atoms with van der Waals surface area (Å²) in [4.78, 5) is 12.1. The van der Waals surface area contributed by atoms with E-state index in [0.717, 1.165) is 6.07 Å². The van der Waals surface area contributed by atoms with Gasteiger partial charge in [0.15, 0.2) is 5.78 Å². The molecule has 0 amide bonds. The molecule has 1 rings (SSSR count). The summed E-state index contributed by atoms with van der Waals surface area (Å²) in [5.74, 6) is -0.518. The lowest BCUT2D eigenvalue weighted by Gasteiger charge is -2.19. The third-order valence-corrected chi connectivity index (χ3v) is 8.73. The van der Waals surface area contributed by atoms with E-state index in [4.69, 9.17) is 4.74 Å². The molecule has 26 heavy (non-hydrogen) atoms. The molecular weight excluding hydrogens is 468 g/mol. The summed E-state index contributed by atoms with van der Waals surface area (Å²) in [5.41, 5.74) is -0.903. The predicted octanol–water partition coefficient (Wildman–Crippen LogP) is 1.72. The second-order valence-corrected chi connectivity index (χ2v) is 11.9. The molecule has 0 aliphatic rings. The number of Topliss-reactive ketones (excluding diaryl/α,β-unsaturated/α-hetero) is 1. The van der Waals surface area contributed by atoms with Gasteiger partial charge in [0.05, 0.1) is 10.9 Å². The molecule has 0 atom stereocenters. The molecule has 0 radical (unpaired) electrons. The third kappa shape index (κ3) is 6.66. The topological polar surface area (TPSA) is 119 Å². The fraction of sp³-hybridized carbons (Fsp3) is 0.643. The molecule has 0 saturated heterocycles. The number of carbonyl (C=O) groups is 1. The molecule has 8 nitrogen and oxygen atoms in total. The standard InChI is InChI=1S/C14H23BrN2O6S3/c1-14(2,3)17-25(19,20)12-8-10(11(18)9-15)13(24-12)26(21,22)16-6-5-7-23-4/h8,16-17H,5-7,9H2,1-4H3. The number of hydrogen-bond donors (Lipinski definition) is 2. The van der Waals surface area contributed by atoms with Gasteiger partial charge in [0.25, 0.3) is 20.0 Å². The molecule has 0 fully saturated rings. The van der Waals surface area contributed by atoms with Gasteiger partial charge < -0.3 is 4.74 Å². The normalized spacial score (nSPS) is 13.1. The number of hydrogen-bond acceptors (Lipinski definition) is 7. The minimum Gasteiger partial charge on any atom is -0.385 e. The van der Waals surface area contributed by atoms with Crippen LogP contribution in [0.1, 0.15) is 37.6 Å². The first-order valence-corrected chi connectivity index (χ1v) is 12.5. The second kappa shape index (κ2) is 9.22. The largest absolute Gasteiger partial charge is 0.385 e. The van der Waals surface area contributed by atoms with Crippen molar-refractivity contribution < 1.29 is 26.4 Å². The van der Waals surface area contributed by atoms with E-state index in [1.165, 1.54) is 7.11 Å². The molecule has 0 spiro atoms. The van der Waals surface area contributed by atoms with Gasteiger partial charge in [-0.15, -0.1) is 11.3 Å². The highest BCUT2D eigenvalue weighted by molar-refractivity contribution is 9.09. The average molecular weight is 491 g/mol. The zero-order chi connectivity index (χ0) is 20.2. The zero-order valence-electron chi connectivity index (χ0n) is 15.0. The number of nitrogens with one attached hydrogen (secondary N) is 2. The summed E-state index contributed by atoms with van der Waals surface area (Å²) in [7, 11) is -6.49. The van der Waals surface area contributed by atoms with E-state index in [1.54, 1.807) is 20.8 Å². The van der Waals surface area contributed by atoms with Crippen molar-refractivity contribution in [2.75, 3.05) is 25.6 Å². The molecule has 0 bridgehead atoms. The van der Waals surface area contributed by atoms with E-state index < -0.39 is 31.4 Å². The third-order valence-electron chi connectivity index (χ3n) is 2.86. The van der Waals surface area contributed by atoms with Gasteiger partial charge in [0.1, 0.15) is 8.42 Å². The predicted molar refractivity (Wildman–Crippen MR) is 104 cm³/mol. The summed E-state index contributed by atoms with van der Waals surface area (Å²) in [6.07, 6.45) is 0.444. The second-order valence-electron chi connectivity index (χ2n) is 6.42. The Morgan fingerprint density at radius 1 is 1.23 bits per heavy atom. The van der Waals surface area contributed by atoms with Gasteiger partial charge >= 0.3 is 0 Å². The van der Waals surface area contributed by atoms with Crippen LogP contribution in [0.5, 0.6) is 0 Å². The van der Waals surface area contributed by atoms with Crippen LogP contribution in [0.4, 0.5) is 0 Å². The molecule has 0 saturated carbocycles. The van der Waals surface area contributed by atoms with Gasteiger partial charge in [-0.25, -0.2) is 26.3 Å². The number of alkyl halides is 1. The lowest BCUT2D eigenvalue weighted by atomic mass is 10.1. The molecule has 0 aromatic carbocycles. The Morgan fingerprint density at radius 2 is 1.85 bits per heavy atom. The van der Waals surface area contributed by atoms with E-state index in [9.17, 15) is 21.6 Å². The summed E-state index contributed by atoms with van der Waals surface area (Å²) in [5, 5.41) is -0.123. The van der Waals surface area contributed by atoms with Crippen LogP contribution in [-0.4, -0.2) is 53.7 Å². The number of sulfonamides is 2. The number of carbonyl (C=O) groups excluding carboxylic acids is 1. The molecule has 12 heteroatoms. The molecule has 2 N–H and O–H groups in total. The van der Waals surface area contributed by atoms with Gasteiger partial charge in [-0.2, -0.15) is 0 Å². The van der Waals surface area contributed by atoms with E-state index in [0.29, 0.717) is 24.4 Å². The van der Waals surface area contributed by atoms with Gasteiger partial charge in [0.2, 0.25) is 0 Å². The summed E-state index contributed by atoms with van der Waals surface area (Å²) >= 11 is 3.54. The number of methoxy groups -OCH3 is 1. The van der Waals surface area contributed by atoms with Crippen molar-refractivity contribution in [1.82, 2.24) is 9.44 Å². The van der Waals surface area contributed by atoms with E-state index in [1.807, 2.05) is 0 Å². The van der Waals surface area contributed by atoms with E-state index in [2.05, 4.69) is 25.4 Å². The quantitative estimate of drug-likeness (QED) is 0.292. The highest BCUT2D eigenvalue weighted by atomic mass is 79.9. The Balaban J connectivity index is 3.31. The molecular formula is C14H23BrN2O6S3. The monoisotopic (exact) mass is 490 g/mol. The van der Waals surface area contributed by atoms with Crippen molar-refractivity contribution in [1.29, 1.82) is 0 Å². The maximum Gasteiger partial charge on any atom is 0.250 e. The fourth-order valence-electron chi connectivity index (χ4n) is 1.89. The zero-order valence-corrected chi connectivity index (χ0v) is 19.0. The molecule has 1 aromatic heterocycles. The molecule has 1 aromatic rings. The molecule has 0 unspecified atom stereocenters. The number of ketones is 1. The Labute approximate surface area is 166 Å². The molecule has 0 aliphatic carbocycles. The van der Waals surface area contributed by atoms with Crippen LogP contribution in [0, 0.1) is 0 Å². The van der Waals surface area contributed by atoms with Crippen LogP contribution in [0.15, 0.2) is 14.5 Å². The highest BCUT2D eigenvalue weighted by Crippen LogP contribution is 2.31. The maximum atomic E-state index is 12.5. The average Bonchev–Trinajstić information content (AvgIpc) is 2.95. The van der Waals surface area contributed by atoms with Crippen LogP contribution >= 0.6 is 27.3 Å². The van der Waals surface area contributed by atoms with Crippen molar-refractivity contribution in [2.24, 2.45) is 0 Å². The van der Waals surface area contributed by atoms with Crippen LogP contribution in [-0.2, 0) is 24.8 Å². The first kappa shape index (κ1) is 23.7. The van der Waals surface area contributed by atoms with Crippen LogP contribution in [0.3, 0.4) is 0 Å². The number of thiophene rings is 1. The first-order chi connectivity index (χ1) is 11.8. The van der Waals surface area contributed by atoms with E-state index in [-0.39, 0.29) is 25.9 Å². The Bertz CT molecular complexity index is 841. The van der Waals surface area contributed by atoms with Crippen molar-refractivity contribution in [3.05, 3.63) is 11.6 Å². The van der Waals surface area contributed by atoms with Crippen LogP contribution < -0.4 is 9.44 Å². The van der Waals surface area contributed by atoms with Crippen molar-refractivity contribution in [3.63, 3.8) is 0 Å². The lowest BCUT2D eigenvalue weighted by Crippen LogP contribution is -2.40. The Kier molecular flexibility index (Phi) is 8.39. The maximum absolute atomic E-state index is 12.5. The molecule has 1 heterocycles. The minimum absolute atomic E-state index is 0.109. The lowest BCUT2D eigenvalue weighted by molar-refractivity contribution is 0.102. The number of rotatable bonds is 10. The smallest absolute Gasteiger partial charge is 0.250 e. The Hall–Kier alpha value is -0.370. The first-order valence-electron chi connectivity index (χ1n) is 7.59. The summed E-state index contributed by atoms with van der Waals surface area (Å²) in [6.45, 7) is 5.47. The van der Waals surface area contributed by atoms with Gasteiger partial charge in [-0.1, -0.05) is 15.9 Å². The van der Waals surface area contributed by atoms with Crippen molar-refractivity contribution in [2.45, 2.75) is 41.1 Å². The van der Waals surface area contributed by atoms with Crippen molar-refractivity contribution in [3.8, 4) is 0 Å². The van der Waals surface area contributed by atoms with Gasteiger partial charge in [-0.05, 0) is 33.3 Å². The Morgan fingerprint density at radius 3 is 2.35 bits per heavy atom. The summed E-state index contributed by atoms with van der Waals surface area (Å²) < 4.78 is 59.2. The fourth-order valence-corrected chi connectivity index (χ4v) is 6.88. The van der Waals surface area contributed by atoms with Crippen LogP contribution in [0.2, 0.25) is 0 Å². The summed E-state index contributed by atoms with van der Waals surface area (Å²) in [6, 6.07) is 1.10. The number of ether oxygens (including phenoxy) is 1. The van der Waals surface area contributed by atoms with Gasteiger partial charge in [-0.3, -0.25) is 4.79 Å². The highest BCUT2D eigenvalue weighted by Gasteiger charge is 2.31. The number of halogens is 1. The van der Waals surface area contributed by atoms with E-state index >= 15 is 0 Å². The van der Waals surface area contributed by atoms with Gasteiger partial charge in [0, 0.05) is 25.8 Å². The molecule has 150 valence electrons. The van der Waals surface area contributed by atoms with Crippen LogP contribution in [0.25, 0.3) is 0 Å². The minimum atomic E-state index is -4.03. The SMILES string of the molecule is COCCCNS(=O)(=O)c1sc(S(=O)(=O)NC(C)(C)C)cc1C(=O)CBr. The molecule has 0 aliphatic heterocycles.